The van der Waals surface area contributed by atoms with E-state index >= 15 is 0 Å². The lowest BCUT2D eigenvalue weighted by molar-refractivity contribution is 0.102. The van der Waals surface area contributed by atoms with E-state index in [4.69, 9.17) is 5.10 Å². The van der Waals surface area contributed by atoms with Crippen molar-refractivity contribution in [3.8, 4) is 16.9 Å². The summed E-state index contributed by atoms with van der Waals surface area (Å²) in [6, 6.07) is 23.8. The Morgan fingerprint density at radius 2 is 1.63 bits per heavy atom. The van der Waals surface area contributed by atoms with Gasteiger partial charge in [0.25, 0.3) is 5.91 Å². The van der Waals surface area contributed by atoms with Crippen molar-refractivity contribution in [2.75, 3.05) is 18.4 Å². The number of anilines is 1. The molecule has 0 aliphatic carbocycles. The van der Waals surface area contributed by atoms with Gasteiger partial charge in [0.15, 0.2) is 0 Å². The fourth-order valence-electron chi connectivity index (χ4n) is 4.19. The van der Waals surface area contributed by atoms with Gasteiger partial charge in [-0.25, -0.2) is 13.1 Å². The van der Waals surface area contributed by atoms with Crippen LogP contribution in [0.2, 0.25) is 0 Å². The minimum Gasteiger partial charge on any atom is -0.322 e. The van der Waals surface area contributed by atoms with E-state index in [1.807, 2.05) is 61.5 Å². The van der Waals surface area contributed by atoms with E-state index in [-0.39, 0.29) is 10.8 Å². The Balaban J connectivity index is 1.48. The maximum atomic E-state index is 13.4. The highest BCUT2D eigenvalue weighted by Gasteiger charge is 2.27. The first-order valence-corrected chi connectivity index (χ1v) is 13.0. The molecule has 0 saturated carbocycles. The third kappa shape index (κ3) is 4.76. The van der Waals surface area contributed by atoms with Gasteiger partial charge in [0, 0.05) is 30.5 Å². The molecule has 0 atom stereocenters. The molecule has 2 heterocycles. The van der Waals surface area contributed by atoms with Crippen molar-refractivity contribution >= 4 is 21.6 Å². The number of amides is 1. The Morgan fingerprint density at radius 1 is 0.914 bits per heavy atom. The van der Waals surface area contributed by atoms with Crippen molar-refractivity contribution in [3.63, 3.8) is 0 Å². The largest absolute Gasteiger partial charge is 0.322 e. The van der Waals surface area contributed by atoms with Crippen LogP contribution < -0.4 is 5.32 Å². The molecular weight excluding hydrogens is 460 g/mol. The summed E-state index contributed by atoms with van der Waals surface area (Å²) in [6.45, 7) is 3.05. The second kappa shape index (κ2) is 9.48. The van der Waals surface area contributed by atoms with E-state index in [0.717, 1.165) is 29.7 Å². The minimum atomic E-state index is -3.58. The molecule has 1 amide bonds. The molecule has 0 bridgehead atoms. The summed E-state index contributed by atoms with van der Waals surface area (Å²) in [5.74, 6) is -0.363. The van der Waals surface area contributed by atoms with Crippen LogP contribution in [0.25, 0.3) is 16.9 Å². The average Bonchev–Trinajstić information content (AvgIpc) is 3.57. The van der Waals surface area contributed by atoms with Gasteiger partial charge in [0.2, 0.25) is 10.0 Å². The molecule has 3 aromatic carbocycles. The number of aromatic nitrogens is 2. The predicted molar refractivity (Wildman–Crippen MR) is 136 cm³/mol. The molecule has 4 aromatic rings. The molecule has 35 heavy (non-hydrogen) atoms. The molecule has 178 valence electrons. The zero-order chi connectivity index (χ0) is 24.4. The van der Waals surface area contributed by atoms with Crippen molar-refractivity contribution in [2.24, 2.45) is 0 Å². The van der Waals surface area contributed by atoms with Gasteiger partial charge in [-0.05, 0) is 50.1 Å². The topological polar surface area (TPSA) is 84.3 Å². The van der Waals surface area contributed by atoms with Gasteiger partial charge >= 0.3 is 0 Å². The van der Waals surface area contributed by atoms with Crippen LogP contribution in [0.3, 0.4) is 0 Å². The molecule has 1 N–H and O–H groups in total. The number of aryl methyl sites for hydroxylation is 1. The SMILES string of the molecule is Cc1ccc(-c2nn(-c3ccccc3)cc2C(=O)Nc2cccc(S(=O)(=O)N3CCCC3)c2)cc1. The smallest absolute Gasteiger partial charge is 0.259 e. The highest BCUT2D eigenvalue weighted by molar-refractivity contribution is 7.89. The number of hydrogen-bond donors (Lipinski definition) is 1. The van der Waals surface area contributed by atoms with Crippen LogP contribution in [0.15, 0.2) is 90.0 Å². The average molecular weight is 487 g/mol. The van der Waals surface area contributed by atoms with Crippen molar-refractivity contribution in [3.05, 3.63) is 96.2 Å². The molecule has 1 aliphatic heterocycles. The summed E-state index contributed by atoms with van der Waals surface area (Å²) in [6.07, 6.45) is 3.43. The predicted octanol–water partition coefficient (Wildman–Crippen LogP) is 4.88. The fourth-order valence-corrected chi connectivity index (χ4v) is 5.75. The van der Waals surface area contributed by atoms with Gasteiger partial charge in [-0.3, -0.25) is 4.79 Å². The van der Waals surface area contributed by atoms with Gasteiger partial charge in [-0.2, -0.15) is 9.40 Å². The van der Waals surface area contributed by atoms with Crippen molar-refractivity contribution in [1.29, 1.82) is 0 Å². The van der Waals surface area contributed by atoms with E-state index in [1.165, 1.54) is 10.4 Å². The second-order valence-electron chi connectivity index (χ2n) is 8.63. The van der Waals surface area contributed by atoms with E-state index in [2.05, 4.69) is 5.32 Å². The van der Waals surface area contributed by atoms with Crippen LogP contribution in [-0.2, 0) is 10.0 Å². The number of nitrogens with one attached hydrogen (secondary N) is 1. The quantitative estimate of drug-likeness (QED) is 0.421. The van der Waals surface area contributed by atoms with Crippen LogP contribution >= 0.6 is 0 Å². The highest BCUT2D eigenvalue weighted by Crippen LogP contribution is 2.27. The molecule has 5 rings (SSSR count). The Bertz CT molecular complexity index is 1460. The highest BCUT2D eigenvalue weighted by atomic mass is 32.2. The summed E-state index contributed by atoms with van der Waals surface area (Å²) < 4.78 is 29.1. The maximum absolute atomic E-state index is 13.4. The lowest BCUT2D eigenvalue weighted by atomic mass is 10.1. The molecule has 1 saturated heterocycles. The van der Waals surface area contributed by atoms with Crippen molar-refractivity contribution in [2.45, 2.75) is 24.7 Å². The Hall–Kier alpha value is -3.75. The number of rotatable bonds is 6. The maximum Gasteiger partial charge on any atom is 0.259 e. The molecule has 0 unspecified atom stereocenters. The van der Waals surface area contributed by atoms with Crippen LogP contribution in [0.1, 0.15) is 28.8 Å². The molecule has 8 heteroatoms. The minimum absolute atomic E-state index is 0.177. The standard InChI is InChI=1S/C27H26N4O3S/c1-20-12-14-21(15-13-20)26-25(19-31(29-26)23-9-3-2-4-10-23)27(32)28-22-8-7-11-24(18-22)35(33,34)30-16-5-6-17-30/h2-4,7-15,18-19H,5-6,16-17H2,1H3,(H,28,32). The second-order valence-corrected chi connectivity index (χ2v) is 10.6. The Kier molecular flexibility index (Phi) is 6.23. The summed E-state index contributed by atoms with van der Waals surface area (Å²) in [5, 5.41) is 7.58. The molecule has 0 spiro atoms. The lowest BCUT2D eigenvalue weighted by Gasteiger charge is -2.16. The van der Waals surface area contributed by atoms with Gasteiger partial charge in [0.05, 0.1) is 16.1 Å². The molecule has 1 fully saturated rings. The number of carbonyl (C=O) groups is 1. The molecule has 1 aromatic heterocycles. The van der Waals surface area contributed by atoms with Crippen LogP contribution in [0, 0.1) is 6.92 Å². The normalized spacial score (nSPS) is 14.2. The third-order valence-corrected chi connectivity index (χ3v) is 7.99. The van der Waals surface area contributed by atoms with Gasteiger partial charge in [0.1, 0.15) is 5.69 Å². The number of benzene rings is 3. The van der Waals surface area contributed by atoms with Crippen molar-refractivity contribution in [1.82, 2.24) is 14.1 Å². The van der Waals surface area contributed by atoms with E-state index in [0.29, 0.717) is 30.0 Å². The van der Waals surface area contributed by atoms with Crippen LogP contribution in [-0.4, -0.2) is 41.5 Å². The molecule has 1 aliphatic rings. The lowest BCUT2D eigenvalue weighted by Crippen LogP contribution is -2.27. The Morgan fingerprint density at radius 3 is 2.34 bits per heavy atom. The number of hydrogen-bond acceptors (Lipinski definition) is 4. The number of carbonyl (C=O) groups excluding carboxylic acids is 1. The molecule has 7 nitrogen and oxygen atoms in total. The van der Waals surface area contributed by atoms with Gasteiger partial charge in [-0.1, -0.05) is 54.1 Å². The molecular formula is C27H26N4O3S. The summed E-state index contributed by atoms with van der Waals surface area (Å²) in [7, 11) is -3.58. The zero-order valence-corrected chi connectivity index (χ0v) is 20.2. The zero-order valence-electron chi connectivity index (χ0n) is 19.4. The van der Waals surface area contributed by atoms with Crippen LogP contribution in [0.5, 0.6) is 0 Å². The van der Waals surface area contributed by atoms with Crippen molar-refractivity contribution < 1.29 is 13.2 Å². The third-order valence-electron chi connectivity index (χ3n) is 6.10. The first-order chi connectivity index (χ1) is 16.9. The number of nitrogens with zero attached hydrogens (tertiary/aromatic N) is 3. The van der Waals surface area contributed by atoms with Gasteiger partial charge < -0.3 is 5.32 Å². The monoisotopic (exact) mass is 486 g/mol. The first kappa shape index (κ1) is 23.0. The number of para-hydroxylation sites is 1. The van der Waals surface area contributed by atoms with Gasteiger partial charge in [-0.15, -0.1) is 0 Å². The summed E-state index contributed by atoms with van der Waals surface area (Å²) in [5.41, 5.74) is 4.12. The van der Waals surface area contributed by atoms with E-state index in [9.17, 15) is 13.2 Å². The number of sulfonamides is 1. The molecule has 0 radical (unpaired) electrons. The van der Waals surface area contributed by atoms with E-state index in [1.54, 1.807) is 29.1 Å². The summed E-state index contributed by atoms with van der Waals surface area (Å²) >= 11 is 0. The van der Waals surface area contributed by atoms with Crippen LogP contribution in [0.4, 0.5) is 5.69 Å². The Labute approximate surface area is 205 Å². The summed E-state index contributed by atoms with van der Waals surface area (Å²) in [4.78, 5) is 13.6. The van der Waals surface area contributed by atoms with E-state index < -0.39 is 10.0 Å². The first-order valence-electron chi connectivity index (χ1n) is 11.6. The fraction of sp³-hybridized carbons (Fsp3) is 0.185.